The summed E-state index contributed by atoms with van der Waals surface area (Å²) in [7, 11) is 0. The second-order valence-corrected chi connectivity index (χ2v) is 12.8. The van der Waals surface area contributed by atoms with Gasteiger partial charge in [0, 0.05) is 30.6 Å². The summed E-state index contributed by atoms with van der Waals surface area (Å²) in [5.74, 6) is -4.55. The molecule has 2 aliphatic rings. The van der Waals surface area contributed by atoms with Gasteiger partial charge in [-0.3, -0.25) is 14.5 Å². The number of amides is 2. The van der Waals surface area contributed by atoms with Crippen molar-refractivity contribution in [2.24, 2.45) is 0 Å². The van der Waals surface area contributed by atoms with Crippen molar-refractivity contribution in [1.82, 2.24) is 14.8 Å². The van der Waals surface area contributed by atoms with Crippen molar-refractivity contribution >= 4 is 34.4 Å². The summed E-state index contributed by atoms with van der Waals surface area (Å²) in [5, 5.41) is 2.94. The van der Waals surface area contributed by atoms with Crippen LogP contribution in [0.15, 0.2) is 97.1 Å². The number of piperazine rings is 1. The standard InChI is InChI=1S/C38H25F9N4O4/c39-36(40,41)24-7-3-5-20(15-24)21-11-12-29-27(17-21)33(53)51-14-13-50(34(31(51)32(52)49-29)55-35(54)38(45,46)47)19-23-18-30(48-28-10-2-1-9-26(23)28)22-6-4-8-25(16-22)37(42,43)44/h1-12,15-18,31,34H,13-14,19H2,(H,49,52). The van der Waals surface area contributed by atoms with Gasteiger partial charge >= 0.3 is 24.5 Å². The number of alkyl halides is 9. The number of ether oxygens (including phenoxy) is 1. The third kappa shape index (κ3) is 7.43. The summed E-state index contributed by atoms with van der Waals surface area (Å²) in [4.78, 5) is 47.0. The van der Waals surface area contributed by atoms with Gasteiger partial charge in [-0.1, -0.05) is 48.5 Å². The molecule has 2 unspecified atom stereocenters. The van der Waals surface area contributed by atoms with E-state index in [0.29, 0.717) is 16.5 Å². The number of carbonyl (C=O) groups excluding carboxylic acids is 3. The first kappa shape index (κ1) is 37.3. The van der Waals surface area contributed by atoms with Crippen LogP contribution in [0.1, 0.15) is 27.0 Å². The summed E-state index contributed by atoms with van der Waals surface area (Å²) in [6, 6.07) is 18.6. The average Bonchev–Trinajstić information content (AvgIpc) is 3.24. The molecule has 0 spiro atoms. The van der Waals surface area contributed by atoms with Gasteiger partial charge in [0.2, 0.25) is 0 Å². The van der Waals surface area contributed by atoms with Crippen LogP contribution >= 0.6 is 0 Å². The molecule has 2 atom stereocenters. The second-order valence-electron chi connectivity index (χ2n) is 12.8. The number of esters is 1. The van der Waals surface area contributed by atoms with Gasteiger partial charge in [0.25, 0.3) is 11.8 Å². The van der Waals surface area contributed by atoms with Crippen LogP contribution in [0.5, 0.6) is 0 Å². The molecule has 1 saturated heterocycles. The van der Waals surface area contributed by atoms with Crippen LogP contribution in [0, 0.1) is 0 Å². The Kier molecular flexibility index (Phi) is 9.31. The molecule has 55 heavy (non-hydrogen) atoms. The van der Waals surface area contributed by atoms with Crippen molar-refractivity contribution in [3.63, 3.8) is 0 Å². The van der Waals surface area contributed by atoms with Crippen LogP contribution in [0.25, 0.3) is 33.3 Å². The minimum absolute atomic E-state index is 0.0848. The normalized spacial score (nSPS) is 18.0. The SMILES string of the molecule is O=C1Nc2ccc(-c3cccc(C(F)(F)F)c3)cc2C(=O)N2CCN(Cc3cc(-c4cccc(C(F)(F)F)c4)nc4ccccc34)C(OC(=O)C(F)(F)F)C12. The maximum atomic E-state index is 14.1. The lowest BCUT2D eigenvalue weighted by atomic mass is 9.99. The van der Waals surface area contributed by atoms with E-state index in [1.807, 2.05) is 0 Å². The molecule has 0 saturated carbocycles. The number of benzene rings is 4. The minimum Gasteiger partial charge on any atom is -0.437 e. The molecule has 5 aromatic rings. The lowest BCUT2D eigenvalue weighted by Gasteiger charge is -2.45. The van der Waals surface area contributed by atoms with Crippen molar-refractivity contribution in [2.45, 2.75) is 37.3 Å². The highest BCUT2D eigenvalue weighted by molar-refractivity contribution is 6.11. The summed E-state index contributed by atoms with van der Waals surface area (Å²) in [6.07, 6.45) is -16.9. The van der Waals surface area contributed by atoms with Gasteiger partial charge in [0.15, 0.2) is 12.3 Å². The second kappa shape index (κ2) is 13.7. The Hall–Kier alpha value is -5.97. The fraction of sp³-hybridized carbons (Fsp3) is 0.211. The average molecular weight is 773 g/mol. The summed E-state index contributed by atoms with van der Waals surface area (Å²) in [6.45, 7) is -0.861. The predicted molar refractivity (Wildman–Crippen MR) is 179 cm³/mol. The Morgan fingerprint density at radius 2 is 1.38 bits per heavy atom. The molecule has 2 aliphatic heterocycles. The van der Waals surface area contributed by atoms with Gasteiger partial charge in [-0.25, -0.2) is 9.78 Å². The van der Waals surface area contributed by atoms with Crippen LogP contribution in [0.3, 0.4) is 0 Å². The summed E-state index contributed by atoms with van der Waals surface area (Å²) >= 11 is 0. The van der Waals surface area contributed by atoms with Crippen LogP contribution in [0.4, 0.5) is 45.2 Å². The van der Waals surface area contributed by atoms with E-state index in [9.17, 15) is 53.9 Å². The molecule has 1 aromatic heterocycles. The van der Waals surface area contributed by atoms with Gasteiger partial charge < -0.3 is 15.0 Å². The third-order valence-corrected chi connectivity index (χ3v) is 9.27. The number of aromatic nitrogens is 1. The number of hydrogen-bond donors (Lipinski definition) is 1. The molecular formula is C38H25F9N4O4. The lowest BCUT2D eigenvalue weighted by molar-refractivity contribution is -0.220. The first-order valence-electron chi connectivity index (χ1n) is 16.4. The molecule has 7 rings (SSSR count). The van der Waals surface area contributed by atoms with Crippen LogP contribution < -0.4 is 5.32 Å². The molecule has 1 N–H and O–H groups in total. The number of anilines is 1. The third-order valence-electron chi connectivity index (χ3n) is 9.27. The number of rotatable bonds is 5. The molecule has 284 valence electrons. The van der Waals surface area contributed by atoms with Crippen LogP contribution in [0.2, 0.25) is 0 Å². The highest BCUT2D eigenvalue weighted by Crippen LogP contribution is 2.37. The topological polar surface area (TPSA) is 91.8 Å². The Bertz CT molecular complexity index is 2340. The van der Waals surface area contributed by atoms with Crippen molar-refractivity contribution in [2.75, 3.05) is 18.4 Å². The highest BCUT2D eigenvalue weighted by Gasteiger charge is 2.51. The van der Waals surface area contributed by atoms with Crippen LogP contribution in [-0.4, -0.2) is 64.1 Å². The van der Waals surface area contributed by atoms with Gasteiger partial charge in [-0.15, -0.1) is 0 Å². The van der Waals surface area contributed by atoms with Gasteiger partial charge in [-0.05, 0) is 65.2 Å². The number of halogens is 9. The maximum absolute atomic E-state index is 14.1. The Balaban J connectivity index is 1.27. The first-order chi connectivity index (χ1) is 25.9. The Morgan fingerprint density at radius 1 is 0.745 bits per heavy atom. The molecule has 8 nitrogen and oxygen atoms in total. The fourth-order valence-corrected chi connectivity index (χ4v) is 6.69. The van der Waals surface area contributed by atoms with Crippen molar-refractivity contribution in [3.05, 3.63) is 119 Å². The number of pyridine rings is 1. The van der Waals surface area contributed by atoms with E-state index in [0.717, 1.165) is 29.2 Å². The van der Waals surface area contributed by atoms with E-state index < -0.39 is 59.7 Å². The monoisotopic (exact) mass is 772 g/mol. The lowest BCUT2D eigenvalue weighted by Crippen LogP contribution is -2.65. The summed E-state index contributed by atoms with van der Waals surface area (Å²) < 4.78 is 127. The smallest absolute Gasteiger partial charge is 0.437 e. The number of nitrogens with one attached hydrogen (secondary N) is 1. The molecule has 2 amide bonds. The van der Waals surface area contributed by atoms with E-state index in [1.54, 1.807) is 24.3 Å². The zero-order chi connectivity index (χ0) is 39.4. The van der Waals surface area contributed by atoms with E-state index in [4.69, 9.17) is 4.74 Å². The predicted octanol–water partition coefficient (Wildman–Crippen LogP) is 8.32. The molecule has 4 aromatic carbocycles. The number of carbonyl (C=O) groups is 3. The fourth-order valence-electron chi connectivity index (χ4n) is 6.69. The molecule has 3 heterocycles. The van der Waals surface area contributed by atoms with Crippen molar-refractivity contribution < 1.29 is 58.6 Å². The minimum atomic E-state index is -5.51. The van der Waals surface area contributed by atoms with Gasteiger partial charge in [0.05, 0.1) is 33.6 Å². The van der Waals surface area contributed by atoms with E-state index in [2.05, 4.69) is 10.3 Å². The molecule has 17 heteroatoms. The van der Waals surface area contributed by atoms with E-state index in [-0.39, 0.29) is 53.3 Å². The van der Waals surface area contributed by atoms with Gasteiger partial charge in [-0.2, -0.15) is 39.5 Å². The Labute approximate surface area is 305 Å². The van der Waals surface area contributed by atoms with E-state index in [1.165, 1.54) is 53.4 Å². The largest absolute Gasteiger partial charge is 0.490 e. The molecule has 1 fully saturated rings. The van der Waals surface area contributed by atoms with Crippen LogP contribution in [-0.2, 0) is 33.2 Å². The Morgan fingerprint density at radius 3 is 2.05 bits per heavy atom. The van der Waals surface area contributed by atoms with Gasteiger partial charge in [0.1, 0.15) is 0 Å². The molecule has 0 bridgehead atoms. The van der Waals surface area contributed by atoms with E-state index >= 15 is 0 Å². The summed E-state index contributed by atoms with van der Waals surface area (Å²) in [5.41, 5.74) is -1.04. The number of para-hydroxylation sites is 1. The van der Waals surface area contributed by atoms with Crippen molar-refractivity contribution in [3.8, 4) is 22.4 Å². The molecular weight excluding hydrogens is 747 g/mol. The first-order valence-corrected chi connectivity index (χ1v) is 16.4. The number of nitrogens with zero attached hydrogens (tertiary/aromatic N) is 3. The zero-order valence-electron chi connectivity index (χ0n) is 27.9. The molecule has 0 radical (unpaired) electrons. The maximum Gasteiger partial charge on any atom is 0.490 e. The highest BCUT2D eigenvalue weighted by atomic mass is 19.4. The number of hydrogen-bond acceptors (Lipinski definition) is 6. The molecule has 0 aliphatic carbocycles. The zero-order valence-corrected chi connectivity index (χ0v) is 27.9. The number of fused-ring (bicyclic) bond motifs is 3. The van der Waals surface area contributed by atoms with Crippen molar-refractivity contribution in [1.29, 1.82) is 0 Å². The quantitative estimate of drug-likeness (QED) is 0.143.